The molecule has 0 bridgehead atoms. The molecule has 0 amide bonds. The van der Waals surface area contributed by atoms with Gasteiger partial charge in [0.1, 0.15) is 0 Å². The monoisotopic (exact) mass is 506 g/mol. The summed E-state index contributed by atoms with van der Waals surface area (Å²) in [5.41, 5.74) is 10.7. The number of aromatic nitrogens is 2. The molecule has 0 aliphatic heterocycles. The van der Waals surface area contributed by atoms with Crippen LogP contribution in [-0.2, 0) is 28.8 Å². The number of methoxy groups -OCH3 is 1. The van der Waals surface area contributed by atoms with Gasteiger partial charge in [0.05, 0.1) is 36.5 Å². The minimum absolute atomic E-state index is 0.0343. The van der Waals surface area contributed by atoms with Crippen molar-refractivity contribution in [1.82, 2.24) is 9.55 Å². The second-order valence-electron chi connectivity index (χ2n) is 11.1. The summed E-state index contributed by atoms with van der Waals surface area (Å²) in [7, 11) is 1.51. The van der Waals surface area contributed by atoms with E-state index in [1.807, 2.05) is 0 Å². The van der Waals surface area contributed by atoms with E-state index in [1.165, 1.54) is 51.4 Å². The lowest BCUT2D eigenvalue weighted by Crippen LogP contribution is -2.22. The van der Waals surface area contributed by atoms with Crippen LogP contribution in [0.2, 0.25) is 0 Å². The molecule has 4 heteroatoms. The van der Waals surface area contributed by atoms with Gasteiger partial charge in [0.25, 0.3) is 0 Å². The van der Waals surface area contributed by atoms with Gasteiger partial charge in [-0.05, 0) is 91.2 Å². The van der Waals surface area contributed by atoms with E-state index in [0.717, 1.165) is 57.1 Å². The molecule has 2 heterocycles. The number of hydrogen-bond acceptors (Lipinski definition) is 3. The lowest BCUT2D eigenvalue weighted by Gasteiger charge is -2.27. The molecule has 2 aliphatic carbocycles. The predicted octanol–water partition coefficient (Wildman–Crippen LogP) is 7.81. The Hall–Kier alpha value is -3.40. The van der Waals surface area contributed by atoms with E-state index in [1.54, 1.807) is 0 Å². The van der Waals surface area contributed by atoms with Crippen LogP contribution in [0.25, 0.3) is 22.2 Å². The van der Waals surface area contributed by atoms with Gasteiger partial charge in [-0.25, -0.2) is 0 Å². The van der Waals surface area contributed by atoms with E-state index in [0.29, 0.717) is 12.0 Å². The Morgan fingerprint density at radius 1 is 0.947 bits per heavy atom. The lowest BCUT2D eigenvalue weighted by atomic mass is 9.78. The highest BCUT2D eigenvalue weighted by Gasteiger charge is 2.31. The molecule has 2 aromatic carbocycles. The molecule has 2 aromatic heterocycles. The number of benzene rings is 2. The van der Waals surface area contributed by atoms with Crippen molar-refractivity contribution in [3.8, 4) is 11.3 Å². The molecule has 4 nitrogen and oxygen atoms in total. The minimum Gasteiger partial charge on any atom is -0.469 e. The average molecular weight is 507 g/mol. The molecule has 0 radical (unpaired) electrons. The quantitative estimate of drug-likeness (QED) is 0.251. The van der Waals surface area contributed by atoms with Gasteiger partial charge in [0, 0.05) is 17.1 Å². The maximum Gasteiger partial charge on any atom is 0.308 e. The van der Waals surface area contributed by atoms with Crippen molar-refractivity contribution in [3.63, 3.8) is 0 Å². The van der Waals surface area contributed by atoms with Crippen molar-refractivity contribution in [1.29, 1.82) is 0 Å². The van der Waals surface area contributed by atoms with Crippen molar-refractivity contribution in [2.75, 3.05) is 7.11 Å². The van der Waals surface area contributed by atoms with Crippen LogP contribution in [0.1, 0.15) is 85.7 Å². The zero-order valence-corrected chi connectivity index (χ0v) is 22.9. The molecular weight excluding hydrogens is 468 g/mol. The molecular formula is C34H38N2O2. The van der Waals surface area contributed by atoms with Crippen LogP contribution in [0.15, 0.2) is 60.9 Å². The van der Waals surface area contributed by atoms with Gasteiger partial charge in [-0.15, -0.1) is 0 Å². The number of pyridine rings is 1. The van der Waals surface area contributed by atoms with Crippen LogP contribution in [0, 0.1) is 5.92 Å². The highest BCUT2D eigenvalue weighted by atomic mass is 16.5. The minimum atomic E-state index is -0.0526. The first kappa shape index (κ1) is 24.9. The Bertz CT molecular complexity index is 1450. The molecule has 0 saturated heterocycles. The zero-order chi connectivity index (χ0) is 26.2. The lowest BCUT2D eigenvalue weighted by molar-refractivity contribution is -0.146. The topological polar surface area (TPSA) is 44.1 Å². The molecule has 1 fully saturated rings. The summed E-state index contributed by atoms with van der Waals surface area (Å²) in [6.07, 6.45) is 12.6. The average Bonchev–Trinajstić information content (AvgIpc) is 3.57. The maximum absolute atomic E-state index is 12.2. The molecule has 0 spiro atoms. The molecule has 0 N–H and O–H groups in total. The smallest absolute Gasteiger partial charge is 0.308 e. The first-order valence-corrected chi connectivity index (χ1v) is 14.4. The number of aryl methyl sites for hydroxylation is 3. The van der Waals surface area contributed by atoms with E-state index in [4.69, 9.17) is 9.72 Å². The van der Waals surface area contributed by atoms with Crippen LogP contribution in [0.5, 0.6) is 0 Å². The first-order valence-electron chi connectivity index (χ1n) is 14.4. The Labute approximate surface area is 226 Å². The van der Waals surface area contributed by atoms with Crippen LogP contribution in [0.4, 0.5) is 0 Å². The van der Waals surface area contributed by atoms with E-state index < -0.39 is 0 Å². The second-order valence-corrected chi connectivity index (χ2v) is 11.1. The largest absolute Gasteiger partial charge is 0.469 e. The second kappa shape index (κ2) is 10.4. The Balaban J connectivity index is 1.48. The number of hydrogen-bond donors (Lipinski definition) is 0. The number of carbonyl (C=O) groups is 1. The molecule has 196 valence electrons. The zero-order valence-electron chi connectivity index (χ0n) is 22.9. The van der Waals surface area contributed by atoms with Gasteiger partial charge >= 0.3 is 5.97 Å². The summed E-state index contributed by atoms with van der Waals surface area (Å²) in [4.78, 5) is 17.3. The molecule has 2 aliphatic rings. The number of ether oxygens (including phenoxy) is 1. The van der Waals surface area contributed by atoms with E-state index in [-0.39, 0.29) is 11.9 Å². The molecule has 1 unspecified atom stereocenters. The van der Waals surface area contributed by atoms with Gasteiger partial charge in [-0.3, -0.25) is 9.78 Å². The van der Waals surface area contributed by atoms with Gasteiger partial charge in [-0.1, -0.05) is 56.3 Å². The van der Waals surface area contributed by atoms with Gasteiger partial charge in [0.15, 0.2) is 0 Å². The molecule has 38 heavy (non-hydrogen) atoms. The van der Waals surface area contributed by atoms with E-state index in [9.17, 15) is 4.79 Å². The molecule has 1 atom stereocenters. The highest BCUT2D eigenvalue weighted by Crippen LogP contribution is 2.44. The van der Waals surface area contributed by atoms with Crippen molar-refractivity contribution in [2.45, 2.75) is 77.2 Å². The van der Waals surface area contributed by atoms with E-state index >= 15 is 0 Å². The van der Waals surface area contributed by atoms with Crippen molar-refractivity contribution in [2.24, 2.45) is 5.92 Å². The fraction of sp³-hybridized carbons (Fsp3) is 0.412. The number of esters is 1. The fourth-order valence-corrected chi connectivity index (χ4v) is 7.10. The Morgan fingerprint density at radius 2 is 1.68 bits per heavy atom. The number of fused-ring (bicyclic) bond motifs is 2. The summed E-state index contributed by atoms with van der Waals surface area (Å²) >= 11 is 0. The molecule has 4 aromatic rings. The van der Waals surface area contributed by atoms with Crippen molar-refractivity contribution < 1.29 is 9.53 Å². The van der Waals surface area contributed by atoms with Crippen LogP contribution in [-0.4, -0.2) is 22.6 Å². The van der Waals surface area contributed by atoms with Crippen LogP contribution in [0.3, 0.4) is 0 Å². The Kier molecular flexibility index (Phi) is 6.82. The van der Waals surface area contributed by atoms with Gasteiger partial charge in [-0.2, -0.15) is 0 Å². The fourth-order valence-electron chi connectivity index (χ4n) is 7.10. The van der Waals surface area contributed by atoms with Crippen molar-refractivity contribution in [3.05, 3.63) is 88.7 Å². The predicted molar refractivity (Wildman–Crippen MR) is 154 cm³/mol. The number of rotatable bonds is 6. The number of carbonyl (C=O) groups excluding carboxylic acids is 1. The summed E-state index contributed by atoms with van der Waals surface area (Å²) in [6, 6.07) is 18.3. The maximum atomic E-state index is 12.2. The molecule has 1 saturated carbocycles. The summed E-state index contributed by atoms with van der Waals surface area (Å²) in [5, 5.41) is 1.33. The van der Waals surface area contributed by atoms with Crippen LogP contribution >= 0.6 is 0 Å². The SMILES string of the molecule is CCc1cccc(CC)c1-c1cc2c(C3CCC(C(=O)OC)CC3)cn(C3CCc4ccccc43)c2cn1. The highest BCUT2D eigenvalue weighted by molar-refractivity contribution is 5.88. The van der Waals surface area contributed by atoms with Crippen LogP contribution < -0.4 is 0 Å². The Morgan fingerprint density at radius 3 is 2.39 bits per heavy atom. The summed E-state index contributed by atoms with van der Waals surface area (Å²) in [5.74, 6) is 0.425. The third-order valence-corrected chi connectivity index (χ3v) is 9.14. The van der Waals surface area contributed by atoms with Crippen molar-refractivity contribution >= 4 is 16.9 Å². The van der Waals surface area contributed by atoms with Gasteiger partial charge < -0.3 is 9.30 Å². The number of nitrogens with zero attached hydrogens (tertiary/aromatic N) is 2. The summed E-state index contributed by atoms with van der Waals surface area (Å²) in [6.45, 7) is 4.46. The van der Waals surface area contributed by atoms with E-state index in [2.05, 4.69) is 79.3 Å². The first-order chi connectivity index (χ1) is 18.6. The third-order valence-electron chi connectivity index (χ3n) is 9.14. The molecule has 6 rings (SSSR count). The standard InChI is InChI=1S/C34H38N2O2/c1-4-22-10-8-11-23(5-2)33(22)30-19-28-29(25-13-15-26(16-14-25)34(37)38-3)21-36(32(28)20-35-30)31-18-17-24-9-6-7-12-27(24)31/h6-12,19-21,25-26,31H,4-5,13-18H2,1-3H3. The third kappa shape index (κ3) is 4.24. The normalized spacial score (nSPS) is 21.0. The van der Waals surface area contributed by atoms with Gasteiger partial charge in [0.2, 0.25) is 0 Å². The summed E-state index contributed by atoms with van der Waals surface area (Å²) < 4.78 is 7.57.